The number of piperidine rings is 1. The number of hydrogen-bond donors (Lipinski definition) is 0. The van der Waals surface area contributed by atoms with E-state index in [-0.39, 0.29) is 0 Å². The van der Waals surface area contributed by atoms with Gasteiger partial charge in [-0.2, -0.15) is 5.10 Å². The van der Waals surface area contributed by atoms with E-state index in [1.165, 1.54) is 44.6 Å². The van der Waals surface area contributed by atoms with Crippen LogP contribution in [-0.4, -0.2) is 39.8 Å². The van der Waals surface area contributed by atoms with E-state index in [2.05, 4.69) is 21.7 Å². The molecule has 1 fully saturated rings. The highest BCUT2D eigenvalue weighted by atomic mass is 15.3. The van der Waals surface area contributed by atoms with Crippen LogP contribution in [0.4, 0.5) is 0 Å². The molecule has 0 aliphatic carbocycles. The maximum Gasteiger partial charge on any atom is 0.151 e. The molecule has 1 saturated heterocycles. The molecule has 0 unspecified atom stereocenters. The van der Waals surface area contributed by atoms with Gasteiger partial charge in [0.1, 0.15) is 5.82 Å². The molecule has 0 atom stereocenters. The highest BCUT2D eigenvalue weighted by Gasteiger charge is 2.20. The molecule has 4 nitrogen and oxygen atoms in total. The van der Waals surface area contributed by atoms with Crippen molar-refractivity contribution in [2.24, 2.45) is 5.92 Å². The number of nitrogens with zero attached hydrogens (tertiary/aromatic N) is 4. The highest BCUT2D eigenvalue weighted by molar-refractivity contribution is 4.97. The Balaban J connectivity index is 1.63. The summed E-state index contributed by atoms with van der Waals surface area (Å²) in [5.74, 6) is 3.12. The summed E-state index contributed by atoms with van der Waals surface area (Å²) in [6.45, 7) is 3.55. The molecule has 0 N–H and O–H groups in total. The van der Waals surface area contributed by atoms with Crippen LogP contribution >= 0.6 is 0 Å². The van der Waals surface area contributed by atoms with E-state index in [4.69, 9.17) is 4.98 Å². The van der Waals surface area contributed by atoms with Gasteiger partial charge >= 0.3 is 0 Å². The smallest absolute Gasteiger partial charge is 0.151 e. The highest BCUT2D eigenvalue weighted by Crippen LogP contribution is 2.20. The first-order valence-corrected chi connectivity index (χ1v) is 6.92. The lowest BCUT2D eigenvalue weighted by atomic mass is 9.94. The zero-order valence-corrected chi connectivity index (χ0v) is 10.7. The maximum absolute atomic E-state index is 4.70. The first-order chi connectivity index (χ1) is 8.31. The van der Waals surface area contributed by atoms with E-state index in [0.29, 0.717) is 0 Å². The zero-order chi connectivity index (χ0) is 11.7. The monoisotopic (exact) mass is 234 g/mol. The molecule has 0 amide bonds. The van der Waals surface area contributed by atoms with E-state index in [0.717, 1.165) is 31.1 Å². The number of aromatic nitrogens is 3. The molecule has 0 saturated carbocycles. The topological polar surface area (TPSA) is 34.0 Å². The Morgan fingerprint density at radius 2 is 2.00 bits per heavy atom. The molecule has 94 valence electrons. The van der Waals surface area contributed by atoms with Crippen molar-refractivity contribution in [1.29, 1.82) is 0 Å². The van der Waals surface area contributed by atoms with Crippen molar-refractivity contribution in [2.75, 3.05) is 20.1 Å². The molecular formula is C13H22N4. The fourth-order valence-corrected chi connectivity index (χ4v) is 2.95. The molecule has 17 heavy (non-hydrogen) atoms. The van der Waals surface area contributed by atoms with Gasteiger partial charge in [0.15, 0.2) is 5.82 Å². The normalized spacial score (nSPS) is 22.6. The van der Waals surface area contributed by atoms with Crippen LogP contribution < -0.4 is 0 Å². The van der Waals surface area contributed by atoms with E-state index in [1.54, 1.807) is 0 Å². The van der Waals surface area contributed by atoms with E-state index >= 15 is 0 Å². The molecule has 4 heteroatoms. The van der Waals surface area contributed by atoms with Crippen LogP contribution in [0.25, 0.3) is 0 Å². The minimum absolute atomic E-state index is 0.802. The standard InChI is InChI=1S/C13H22N4/c1-16-8-5-11(6-9-16)10-12-14-13-4-2-3-7-17(13)15-12/h11H,2-10H2,1H3. The Hall–Kier alpha value is -0.900. The van der Waals surface area contributed by atoms with Gasteiger partial charge in [0, 0.05) is 19.4 Å². The van der Waals surface area contributed by atoms with Gasteiger partial charge in [0.05, 0.1) is 0 Å². The van der Waals surface area contributed by atoms with Crippen LogP contribution in [-0.2, 0) is 19.4 Å². The first-order valence-electron chi connectivity index (χ1n) is 6.92. The van der Waals surface area contributed by atoms with Crippen molar-refractivity contribution in [3.63, 3.8) is 0 Å². The Kier molecular flexibility index (Phi) is 3.14. The number of likely N-dealkylation sites (tertiary alicyclic amines) is 1. The first kappa shape index (κ1) is 11.2. The third-order valence-corrected chi connectivity index (χ3v) is 4.12. The number of hydrogen-bond acceptors (Lipinski definition) is 3. The molecule has 0 bridgehead atoms. The maximum atomic E-state index is 4.70. The van der Waals surface area contributed by atoms with Gasteiger partial charge in [-0.15, -0.1) is 0 Å². The fraction of sp³-hybridized carbons (Fsp3) is 0.846. The minimum Gasteiger partial charge on any atom is -0.306 e. The molecule has 2 aliphatic heterocycles. The van der Waals surface area contributed by atoms with Crippen molar-refractivity contribution >= 4 is 0 Å². The number of rotatable bonds is 2. The van der Waals surface area contributed by atoms with Crippen LogP contribution in [0.15, 0.2) is 0 Å². The molecule has 1 aromatic heterocycles. The summed E-state index contributed by atoms with van der Waals surface area (Å²) in [6.07, 6.45) is 7.38. The molecule has 0 radical (unpaired) electrons. The molecule has 3 heterocycles. The molecule has 2 aliphatic rings. The van der Waals surface area contributed by atoms with Crippen LogP contribution in [0.3, 0.4) is 0 Å². The lowest BCUT2D eigenvalue weighted by Crippen LogP contribution is -2.31. The second kappa shape index (κ2) is 4.77. The fourth-order valence-electron chi connectivity index (χ4n) is 2.95. The Morgan fingerprint density at radius 3 is 2.76 bits per heavy atom. The summed E-state index contributed by atoms with van der Waals surface area (Å²) >= 11 is 0. The van der Waals surface area contributed by atoms with E-state index in [1.807, 2.05) is 0 Å². The summed E-state index contributed by atoms with van der Waals surface area (Å²) in [5.41, 5.74) is 0. The third-order valence-electron chi connectivity index (χ3n) is 4.12. The van der Waals surface area contributed by atoms with Crippen LogP contribution in [0.1, 0.15) is 37.3 Å². The SMILES string of the molecule is CN1CCC(Cc2nc3n(n2)CCCC3)CC1. The van der Waals surface area contributed by atoms with Crippen molar-refractivity contribution in [3.05, 3.63) is 11.6 Å². The average molecular weight is 234 g/mol. The molecule has 1 aromatic rings. The molecule has 0 aromatic carbocycles. The van der Waals surface area contributed by atoms with Crippen LogP contribution in [0.5, 0.6) is 0 Å². The van der Waals surface area contributed by atoms with Gasteiger partial charge < -0.3 is 4.90 Å². The largest absolute Gasteiger partial charge is 0.306 e. The summed E-state index contributed by atoms with van der Waals surface area (Å²) < 4.78 is 2.13. The lowest BCUT2D eigenvalue weighted by Gasteiger charge is -2.28. The summed E-state index contributed by atoms with van der Waals surface area (Å²) in [5, 5.41) is 4.66. The van der Waals surface area contributed by atoms with Crippen molar-refractivity contribution in [2.45, 2.75) is 45.1 Å². The van der Waals surface area contributed by atoms with Gasteiger partial charge in [0.2, 0.25) is 0 Å². The molecular weight excluding hydrogens is 212 g/mol. The Labute approximate surface area is 103 Å². The minimum atomic E-state index is 0.802. The van der Waals surface area contributed by atoms with E-state index in [9.17, 15) is 0 Å². The lowest BCUT2D eigenvalue weighted by molar-refractivity contribution is 0.217. The molecule has 3 rings (SSSR count). The van der Waals surface area contributed by atoms with Gasteiger partial charge in [-0.05, 0) is 51.7 Å². The number of fused-ring (bicyclic) bond motifs is 1. The summed E-state index contributed by atoms with van der Waals surface area (Å²) in [4.78, 5) is 7.12. The van der Waals surface area contributed by atoms with Crippen molar-refractivity contribution in [1.82, 2.24) is 19.7 Å². The van der Waals surface area contributed by atoms with Gasteiger partial charge in [0.25, 0.3) is 0 Å². The number of aryl methyl sites for hydroxylation is 2. The second-order valence-corrected chi connectivity index (χ2v) is 5.58. The third kappa shape index (κ3) is 2.51. The Bertz CT molecular complexity index is 353. The van der Waals surface area contributed by atoms with Crippen LogP contribution in [0, 0.1) is 5.92 Å². The summed E-state index contributed by atoms with van der Waals surface area (Å²) in [7, 11) is 2.21. The summed E-state index contributed by atoms with van der Waals surface area (Å²) in [6, 6.07) is 0. The second-order valence-electron chi connectivity index (χ2n) is 5.58. The zero-order valence-electron chi connectivity index (χ0n) is 10.7. The van der Waals surface area contributed by atoms with Crippen LogP contribution in [0.2, 0.25) is 0 Å². The molecule has 0 spiro atoms. The Morgan fingerprint density at radius 1 is 1.18 bits per heavy atom. The predicted octanol–water partition coefficient (Wildman–Crippen LogP) is 1.50. The van der Waals surface area contributed by atoms with E-state index < -0.39 is 0 Å². The van der Waals surface area contributed by atoms with Crippen molar-refractivity contribution in [3.8, 4) is 0 Å². The van der Waals surface area contributed by atoms with Crippen molar-refractivity contribution < 1.29 is 0 Å². The predicted molar refractivity (Wildman–Crippen MR) is 66.9 cm³/mol. The van der Waals surface area contributed by atoms with Gasteiger partial charge in [-0.25, -0.2) is 9.67 Å². The van der Waals surface area contributed by atoms with Gasteiger partial charge in [-0.1, -0.05) is 0 Å². The average Bonchev–Trinajstić information content (AvgIpc) is 2.74. The quantitative estimate of drug-likeness (QED) is 0.777. The van der Waals surface area contributed by atoms with Gasteiger partial charge in [-0.3, -0.25) is 0 Å².